The van der Waals surface area contributed by atoms with E-state index in [9.17, 15) is 14.7 Å². The minimum absolute atomic E-state index is 0.103. The van der Waals surface area contributed by atoms with E-state index in [2.05, 4.69) is 0 Å². The lowest BCUT2D eigenvalue weighted by Gasteiger charge is -2.24. The third-order valence-corrected chi connectivity index (χ3v) is 5.60. The van der Waals surface area contributed by atoms with Crippen LogP contribution >= 0.6 is 0 Å². The molecule has 2 aromatic carbocycles. The van der Waals surface area contributed by atoms with Crippen LogP contribution in [-0.4, -0.2) is 42.5 Å². The predicted molar refractivity (Wildman–Crippen MR) is 124 cm³/mol. The van der Waals surface area contributed by atoms with Gasteiger partial charge in [0.1, 0.15) is 40.4 Å². The second kappa shape index (κ2) is 9.74. The highest BCUT2D eigenvalue weighted by atomic mass is 16.5. The average Bonchev–Trinajstić information content (AvgIpc) is 3.47. The molecule has 1 amide bonds. The van der Waals surface area contributed by atoms with Gasteiger partial charge in [0, 0.05) is 6.54 Å². The molecule has 34 heavy (non-hydrogen) atoms. The first-order valence-electron chi connectivity index (χ1n) is 10.7. The molecule has 1 atom stereocenters. The van der Waals surface area contributed by atoms with E-state index >= 15 is 0 Å². The summed E-state index contributed by atoms with van der Waals surface area (Å²) in [6.45, 7) is 2.56. The van der Waals surface area contributed by atoms with Crippen LogP contribution in [0.2, 0.25) is 0 Å². The Balaban J connectivity index is 1.82. The predicted octanol–water partition coefficient (Wildman–Crippen LogP) is 4.32. The summed E-state index contributed by atoms with van der Waals surface area (Å²) >= 11 is 0. The number of hydrogen-bond acceptors (Lipinski definition) is 7. The van der Waals surface area contributed by atoms with E-state index in [1.54, 1.807) is 42.5 Å². The third kappa shape index (κ3) is 4.10. The maximum atomic E-state index is 13.2. The van der Waals surface area contributed by atoms with Crippen LogP contribution in [0.15, 0.2) is 70.9 Å². The second-order valence-corrected chi connectivity index (χ2v) is 7.56. The van der Waals surface area contributed by atoms with Gasteiger partial charge in [0.25, 0.3) is 11.7 Å². The van der Waals surface area contributed by atoms with Crippen molar-refractivity contribution in [3.63, 3.8) is 0 Å². The highest BCUT2D eigenvalue weighted by molar-refractivity contribution is 6.46. The van der Waals surface area contributed by atoms with Gasteiger partial charge in [-0.05, 0) is 48.9 Å². The maximum absolute atomic E-state index is 13.2. The fourth-order valence-corrected chi connectivity index (χ4v) is 4.06. The smallest absolute Gasteiger partial charge is 0.296 e. The van der Waals surface area contributed by atoms with Crippen molar-refractivity contribution < 1.29 is 33.3 Å². The number of carbonyl (C=O) groups is 2. The number of aliphatic hydroxyl groups excluding tert-OH is 1. The first-order valence-corrected chi connectivity index (χ1v) is 10.7. The Hall–Kier alpha value is -4.20. The normalized spacial score (nSPS) is 17.1. The summed E-state index contributed by atoms with van der Waals surface area (Å²) in [5.74, 6) is -0.313. The second-order valence-electron chi connectivity index (χ2n) is 7.56. The Morgan fingerprint density at radius 2 is 1.68 bits per heavy atom. The van der Waals surface area contributed by atoms with E-state index in [0.717, 1.165) is 5.56 Å². The highest BCUT2D eigenvalue weighted by Crippen LogP contribution is 2.44. The minimum Gasteiger partial charge on any atom is -0.506 e. The van der Waals surface area contributed by atoms with Gasteiger partial charge in [0.2, 0.25) is 0 Å². The van der Waals surface area contributed by atoms with Crippen molar-refractivity contribution in [2.24, 2.45) is 0 Å². The number of hydrogen-bond donors (Lipinski definition) is 1. The van der Waals surface area contributed by atoms with Crippen LogP contribution in [0.1, 0.15) is 29.9 Å². The summed E-state index contributed by atoms with van der Waals surface area (Å²) in [5.41, 5.74) is 0.869. The number of furan rings is 1. The largest absolute Gasteiger partial charge is 0.506 e. The lowest BCUT2D eigenvalue weighted by atomic mass is 9.98. The van der Waals surface area contributed by atoms with Crippen molar-refractivity contribution in [1.29, 1.82) is 0 Å². The first kappa shape index (κ1) is 23.0. The van der Waals surface area contributed by atoms with Gasteiger partial charge in [0.15, 0.2) is 0 Å². The molecule has 0 radical (unpaired) electrons. The standard InChI is InChI=1S/C26H25NO7/c1-4-33-17-12-10-16(11-13-17)15-27-23(20-9-6-14-34-20)22(25(29)26(27)30)24(28)21-18(31-2)7-5-8-19(21)32-3/h5-14,23,28H,4,15H2,1-3H3/b24-22+. The number of amides is 1. The molecule has 1 aliphatic heterocycles. The van der Waals surface area contributed by atoms with Crippen molar-refractivity contribution in [3.05, 3.63) is 83.3 Å². The van der Waals surface area contributed by atoms with Gasteiger partial charge < -0.3 is 28.6 Å². The molecule has 0 aliphatic carbocycles. The molecule has 3 aromatic rings. The lowest BCUT2D eigenvalue weighted by Crippen LogP contribution is -2.29. The molecular formula is C26H25NO7. The number of ketones is 1. The molecule has 0 spiro atoms. The number of rotatable bonds is 8. The van der Waals surface area contributed by atoms with Crippen LogP contribution in [0.3, 0.4) is 0 Å². The van der Waals surface area contributed by atoms with Gasteiger partial charge in [-0.25, -0.2) is 0 Å². The number of Topliss-reactive ketones (excluding diaryl/α,β-unsaturated/α-hetero) is 1. The molecule has 0 saturated carbocycles. The fourth-order valence-electron chi connectivity index (χ4n) is 4.06. The van der Waals surface area contributed by atoms with Crippen LogP contribution in [0.5, 0.6) is 17.2 Å². The number of likely N-dealkylation sites (tertiary alicyclic amines) is 1. The number of benzene rings is 2. The SMILES string of the molecule is CCOc1ccc(CN2C(=O)C(=O)/C(=C(/O)c3c(OC)cccc3OC)C2c2ccco2)cc1. The summed E-state index contributed by atoms with van der Waals surface area (Å²) < 4.78 is 21.8. The number of nitrogens with zero attached hydrogens (tertiary/aromatic N) is 1. The van der Waals surface area contributed by atoms with Gasteiger partial charge >= 0.3 is 0 Å². The molecule has 1 unspecified atom stereocenters. The maximum Gasteiger partial charge on any atom is 0.296 e. The van der Waals surface area contributed by atoms with Crippen LogP contribution in [0.25, 0.3) is 5.76 Å². The van der Waals surface area contributed by atoms with Crippen LogP contribution in [0, 0.1) is 0 Å². The van der Waals surface area contributed by atoms with Gasteiger partial charge in [0.05, 0.1) is 32.7 Å². The molecule has 8 heteroatoms. The van der Waals surface area contributed by atoms with Crippen LogP contribution in [-0.2, 0) is 16.1 Å². The van der Waals surface area contributed by atoms with Crippen molar-refractivity contribution >= 4 is 17.4 Å². The molecule has 1 saturated heterocycles. The van der Waals surface area contributed by atoms with E-state index in [1.807, 2.05) is 19.1 Å². The van der Waals surface area contributed by atoms with Crippen molar-refractivity contribution in [1.82, 2.24) is 4.90 Å². The quantitative estimate of drug-likeness (QED) is 0.302. The van der Waals surface area contributed by atoms with Crippen LogP contribution < -0.4 is 14.2 Å². The Morgan fingerprint density at radius 1 is 1.00 bits per heavy atom. The molecule has 1 aromatic heterocycles. The Morgan fingerprint density at radius 3 is 2.24 bits per heavy atom. The lowest BCUT2D eigenvalue weighted by molar-refractivity contribution is -0.140. The monoisotopic (exact) mass is 463 g/mol. The summed E-state index contributed by atoms with van der Waals surface area (Å²) in [7, 11) is 2.89. The molecule has 2 heterocycles. The van der Waals surface area contributed by atoms with Crippen molar-refractivity contribution in [3.8, 4) is 17.2 Å². The van der Waals surface area contributed by atoms with Gasteiger partial charge in [-0.1, -0.05) is 18.2 Å². The van der Waals surface area contributed by atoms with E-state index in [0.29, 0.717) is 29.6 Å². The van der Waals surface area contributed by atoms with Crippen LogP contribution in [0.4, 0.5) is 0 Å². The number of carbonyl (C=O) groups excluding carboxylic acids is 2. The zero-order chi connectivity index (χ0) is 24.2. The highest BCUT2D eigenvalue weighted by Gasteiger charge is 2.48. The molecule has 176 valence electrons. The molecule has 1 fully saturated rings. The van der Waals surface area contributed by atoms with Gasteiger partial charge in [-0.15, -0.1) is 0 Å². The number of methoxy groups -OCH3 is 2. The molecule has 1 aliphatic rings. The van der Waals surface area contributed by atoms with E-state index in [1.165, 1.54) is 25.4 Å². The Kier molecular flexibility index (Phi) is 6.58. The average molecular weight is 463 g/mol. The third-order valence-electron chi connectivity index (χ3n) is 5.60. The summed E-state index contributed by atoms with van der Waals surface area (Å²) in [6, 6.07) is 14.6. The molecular weight excluding hydrogens is 438 g/mol. The first-order chi connectivity index (χ1) is 16.5. The Bertz CT molecular complexity index is 1190. The minimum atomic E-state index is -0.934. The van der Waals surface area contributed by atoms with Crippen molar-refractivity contribution in [2.45, 2.75) is 19.5 Å². The zero-order valence-corrected chi connectivity index (χ0v) is 19.1. The number of ether oxygens (including phenoxy) is 3. The van der Waals surface area contributed by atoms with Crippen molar-refractivity contribution in [2.75, 3.05) is 20.8 Å². The van der Waals surface area contributed by atoms with E-state index < -0.39 is 23.5 Å². The fraction of sp³-hybridized carbons (Fsp3) is 0.231. The van der Waals surface area contributed by atoms with E-state index in [-0.39, 0.29) is 17.7 Å². The molecule has 8 nitrogen and oxygen atoms in total. The summed E-state index contributed by atoms with van der Waals surface area (Å²) in [6.07, 6.45) is 1.45. The number of aliphatic hydroxyl groups is 1. The molecule has 0 bridgehead atoms. The molecule has 4 rings (SSSR count). The van der Waals surface area contributed by atoms with Gasteiger partial charge in [-0.3, -0.25) is 9.59 Å². The zero-order valence-electron chi connectivity index (χ0n) is 19.1. The Labute approximate surface area is 197 Å². The van der Waals surface area contributed by atoms with Gasteiger partial charge in [-0.2, -0.15) is 0 Å². The summed E-state index contributed by atoms with van der Waals surface area (Å²) in [5, 5.41) is 11.3. The molecule has 1 N–H and O–H groups in total. The topological polar surface area (TPSA) is 98.4 Å². The summed E-state index contributed by atoms with van der Waals surface area (Å²) in [4.78, 5) is 27.7. The van der Waals surface area contributed by atoms with E-state index in [4.69, 9.17) is 18.6 Å².